The largest absolute Gasteiger partial charge is 1.00 e. The van der Waals surface area contributed by atoms with Crippen LogP contribution in [-0.4, -0.2) is 57.2 Å². The van der Waals surface area contributed by atoms with E-state index in [1.807, 2.05) is 0 Å². The van der Waals surface area contributed by atoms with Crippen molar-refractivity contribution in [3.63, 3.8) is 0 Å². The number of hydrogen-bond acceptors (Lipinski definition) is 7. The number of hydrogen-bond donors (Lipinski definition) is 5. The fourth-order valence-electron chi connectivity index (χ4n) is 0. The fourth-order valence-corrected chi connectivity index (χ4v) is 0. The van der Waals surface area contributed by atoms with Gasteiger partial charge in [0.1, 0.15) is 0 Å². The van der Waals surface area contributed by atoms with Crippen LogP contribution in [0.15, 0.2) is 0 Å². The van der Waals surface area contributed by atoms with E-state index in [0.29, 0.717) is 0 Å². The fraction of sp³-hybridized carbons (Fsp3) is 0. The second-order valence-corrected chi connectivity index (χ2v) is 3.51. The maximum absolute atomic E-state index is 10.2. The summed E-state index contributed by atoms with van der Waals surface area (Å²) in [6, 6.07) is 0. The molecule has 0 aromatic heterocycles. The zero-order valence-electron chi connectivity index (χ0n) is 6.69. The van der Waals surface area contributed by atoms with Crippen molar-refractivity contribution in [2.45, 2.75) is 0 Å². The van der Waals surface area contributed by atoms with Crippen LogP contribution in [0.3, 0.4) is 0 Å². The SMILES string of the molecule is N#C[Se-].O=S(=O)(O)F.O[Si](O)(O)O.[Na+]. The molecule has 0 aromatic carbocycles. The molecule has 0 aliphatic carbocycles. The quantitative estimate of drug-likeness (QED) is 0.167. The van der Waals surface area contributed by atoms with E-state index in [9.17, 15) is 3.89 Å². The van der Waals surface area contributed by atoms with Gasteiger partial charge in [-0.2, -0.15) is 8.42 Å². The van der Waals surface area contributed by atoms with Crippen LogP contribution in [0, 0.1) is 10.2 Å². The molecule has 0 heterocycles. The van der Waals surface area contributed by atoms with Crippen molar-refractivity contribution in [3.8, 4) is 4.97 Å². The van der Waals surface area contributed by atoms with Gasteiger partial charge in [0.25, 0.3) is 0 Å². The average molecular weight is 324 g/mol. The predicted molar refractivity (Wildman–Crippen MR) is 38.7 cm³/mol. The minimum atomic E-state index is -5.17. The smallest absolute Gasteiger partial charge is 0.368 e. The second kappa shape index (κ2) is 12.0. The van der Waals surface area contributed by atoms with Gasteiger partial charge >= 0.3 is 75.4 Å². The third-order valence-electron chi connectivity index (χ3n) is 0. The van der Waals surface area contributed by atoms with E-state index in [0.717, 1.165) is 0 Å². The first kappa shape index (κ1) is 24.2. The molecule has 0 rings (SSSR count). The van der Waals surface area contributed by atoms with Crippen LogP contribution in [0.2, 0.25) is 0 Å². The summed E-state index contributed by atoms with van der Waals surface area (Å²) in [4.78, 5) is 30.9. The number of rotatable bonds is 0. The summed E-state index contributed by atoms with van der Waals surface area (Å²) in [5.41, 5.74) is 0. The zero-order chi connectivity index (χ0) is 11.7. The Balaban J connectivity index is -0.0000000535. The van der Waals surface area contributed by atoms with E-state index in [-0.39, 0.29) is 29.6 Å². The Bertz CT molecular complexity index is 231. The summed E-state index contributed by atoms with van der Waals surface area (Å²) >= 11 is 2.11. The van der Waals surface area contributed by atoms with E-state index < -0.39 is 19.6 Å². The van der Waals surface area contributed by atoms with E-state index in [2.05, 4.69) is 16.0 Å². The topological polar surface area (TPSA) is 159 Å². The van der Waals surface area contributed by atoms with Crippen LogP contribution >= 0.6 is 0 Å². The van der Waals surface area contributed by atoms with Gasteiger partial charge in [0, 0.05) is 0 Å². The van der Waals surface area contributed by atoms with Crippen LogP contribution in [0.1, 0.15) is 0 Å². The summed E-state index contributed by atoms with van der Waals surface area (Å²) in [5, 5.41) is 7.26. The van der Waals surface area contributed by atoms with Gasteiger partial charge in [-0.05, 0) is 0 Å². The summed E-state index contributed by atoms with van der Waals surface area (Å²) in [5.74, 6) is 0. The summed E-state index contributed by atoms with van der Waals surface area (Å²) in [7, 11) is -9.78. The molecule has 14 heavy (non-hydrogen) atoms. The van der Waals surface area contributed by atoms with Gasteiger partial charge in [-0.3, -0.25) is 4.55 Å². The molecule has 0 aromatic rings. The van der Waals surface area contributed by atoms with Crippen LogP contribution < -0.4 is 29.6 Å². The molecule has 8 nitrogen and oxygen atoms in total. The van der Waals surface area contributed by atoms with Gasteiger partial charge < -0.3 is 19.2 Å². The van der Waals surface area contributed by atoms with E-state index in [4.69, 9.17) is 37.4 Å². The molecule has 0 saturated carbocycles. The van der Waals surface area contributed by atoms with Gasteiger partial charge in [-0.1, -0.05) is 3.89 Å². The minimum absolute atomic E-state index is 0. The number of halogens is 1. The second-order valence-electron chi connectivity index (χ2n) is 1.10. The first-order chi connectivity index (χ1) is 5.41. The third kappa shape index (κ3) is 2230. The minimum Gasteiger partial charge on any atom is -0.368 e. The maximum atomic E-state index is 10.2. The first-order valence-electron chi connectivity index (χ1n) is 1.99. The van der Waals surface area contributed by atoms with Crippen molar-refractivity contribution < 1.29 is 65.6 Å². The van der Waals surface area contributed by atoms with Gasteiger partial charge in [0.05, 0.1) is 0 Å². The third-order valence-corrected chi connectivity index (χ3v) is 0. The molecule has 0 fully saturated rings. The Hall–Kier alpha value is 0.906. The van der Waals surface area contributed by atoms with E-state index >= 15 is 0 Å². The Morgan fingerprint density at radius 3 is 1.29 bits per heavy atom. The summed E-state index contributed by atoms with van der Waals surface area (Å²) < 4.78 is 34.1. The molecule has 80 valence electrons. The first-order valence-corrected chi connectivity index (χ1v) is 5.98. The molecule has 0 unspecified atom stereocenters. The molecular formula is CH5FNNaO7SSeSi. The Morgan fingerprint density at radius 1 is 1.29 bits per heavy atom. The van der Waals surface area contributed by atoms with Crippen molar-refractivity contribution in [3.05, 3.63) is 0 Å². The van der Waals surface area contributed by atoms with E-state index in [1.165, 1.54) is 0 Å². The molecule has 0 atom stereocenters. The molecular weight excluding hydrogens is 319 g/mol. The molecule has 0 bridgehead atoms. The Kier molecular flexibility index (Phi) is 20.7. The Morgan fingerprint density at radius 2 is 1.29 bits per heavy atom. The number of nitrogens with zero attached hydrogens (tertiary/aromatic N) is 1. The Labute approximate surface area is 111 Å². The summed E-state index contributed by atoms with van der Waals surface area (Å²) in [6.07, 6.45) is 0. The van der Waals surface area contributed by atoms with Crippen molar-refractivity contribution >= 4 is 35.6 Å². The number of nitriles is 1. The molecule has 0 spiro atoms. The van der Waals surface area contributed by atoms with E-state index in [1.54, 1.807) is 4.97 Å². The molecule has 0 saturated heterocycles. The van der Waals surface area contributed by atoms with Crippen LogP contribution in [0.25, 0.3) is 0 Å². The average Bonchev–Trinajstić information content (AvgIpc) is 1.52. The van der Waals surface area contributed by atoms with Crippen molar-refractivity contribution in [1.29, 1.82) is 5.26 Å². The maximum Gasteiger partial charge on any atom is 1.00 e. The van der Waals surface area contributed by atoms with Crippen LogP contribution in [0.4, 0.5) is 3.89 Å². The van der Waals surface area contributed by atoms with Crippen LogP contribution in [-0.2, 0) is 10.5 Å². The molecule has 5 N–H and O–H groups in total. The molecule has 0 aliphatic rings. The zero-order valence-corrected chi connectivity index (χ0v) is 12.2. The van der Waals surface area contributed by atoms with Crippen LogP contribution in [0.5, 0.6) is 0 Å². The summed E-state index contributed by atoms with van der Waals surface area (Å²) in [6.45, 7) is 0. The predicted octanol–water partition coefficient (Wildman–Crippen LogP) is -6.21. The van der Waals surface area contributed by atoms with Gasteiger partial charge in [-0.15, -0.1) is 0 Å². The van der Waals surface area contributed by atoms with Gasteiger partial charge in [0.15, 0.2) is 0 Å². The standard InChI is InChI=1S/CHNSe.FHO3S.Na.H4O4Si/c2-1-3;1-5(2,3)4;;1-5(2,3)4/h3H;(H,2,3,4);;1-4H/q;;+1;/p-1. The van der Waals surface area contributed by atoms with Crippen molar-refractivity contribution in [2.75, 3.05) is 0 Å². The van der Waals surface area contributed by atoms with Crippen molar-refractivity contribution in [2.24, 2.45) is 0 Å². The van der Waals surface area contributed by atoms with Gasteiger partial charge in [0.2, 0.25) is 0 Å². The molecule has 0 amide bonds. The molecule has 0 radical (unpaired) electrons. The monoisotopic (exact) mass is 325 g/mol. The molecule has 13 heteroatoms. The van der Waals surface area contributed by atoms with Gasteiger partial charge in [-0.25, -0.2) is 0 Å². The molecule has 0 aliphatic heterocycles. The van der Waals surface area contributed by atoms with Crippen molar-refractivity contribution in [1.82, 2.24) is 0 Å². The normalized spacial score (nSPS) is 8.93.